The highest BCUT2D eigenvalue weighted by atomic mass is 35.5. The lowest BCUT2D eigenvalue weighted by Gasteiger charge is -2.27. The van der Waals surface area contributed by atoms with Crippen LogP contribution in [0.5, 0.6) is 0 Å². The summed E-state index contributed by atoms with van der Waals surface area (Å²) >= 11 is 13.5. The van der Waals surface area contributed by atoms with Crippen molar-refractivity contribution in [2.45, 2.75) is 12.2 Å². The van der Waals surface area contributed by atoms with Crippen LogP contribution in [0.2, 0.25) is 10.0 Å². The summed E-state index contributed by atoms with van der Waals surface area (Å²) in [6.45, 7) is 6.13. The van der Waals surface area contributed by atoms with Gasteiger partial charge in [-0.2, -0.15) is 0 Å². The van der Waals surface area contributed by atoms with Crippen LogP contribution in [-0.4, -0.2) is 55.8 Å². The van der Waals surface area contributed by atoms with E-state index < -0.39 is 0 Å². The van der Waals surface area contributed by atoms with E-state index in [1.165, 1.54) is 0 Å². The third-order valence-corrected chi connectivity index (χ3v) is 5.26. The molecule has 24 heavy (non-hydrogen) atoms. The average Bonchev–Trinajstić information content (AvgIpc) is 2.55. The standard InChI is InChI=1S/C16H23Cl2N3OS.ClH/c17-14-3-2-13(15(18)10-14)11-23-12-16(22)20-4-1-7-21-8-5-19-6-9-21;/h2-3,10,19H,1,4-9,11-12H2,(H,20,22);1H. The first-order chi connectivity index (χ1) is 11.1. The molecule has 0 aromatic heterocycles. The maximum atomic E-state index is 11.8. The minimum absolute atomic E-state index is 0. The fraction of sp³-hybridized carbons (Fsp3) is 0.562. The molecule has 2 N–H and O–H groups in total. The molecule has 0 unspecified atom stereocenters. The zero-order valence-corrected chi connectivity index (χ0v) is 16.7. The molecule has 1 fully saturated rings. The maximum Gasteiger partial charge on any atom is 0.230 e. The van der Waals surface area contributed by atoms with Gasteiger partial charge in [0.2, 0.25) is 5.91 Å². The third kappa shape index (κ3) is 8.28. The van der Waals surface area contributed by atoms with Crippen LogP contribution in [-0.2, 0) is 10.5 Å². The van der Waals surface area contributed by atoms with Crippen LogP contribution in [0.25, 0.3) is 0 Å². The van der Waals surface area contributed by atoms with E-state index >= 15 is 0 Å². The summed E-state index contributed by atoms with van der Waals surface area (Å²) < 4.78 is 0. The van der Waals surface area contributed by atoms with E-state index in [2.05, 4.69) is 15.5 Å². The largest absolute Gasteiger partial charge is 0.355 e. The topological polar surface area (TPSA) is 44.4 Å². The molecule has 1 aromatic rings. The van der Waals surface area contributed by atoms with Crippen molar-refractivity contribution in [3.05, 3.63) is 33.8 Å². The van der Waals surface area contributed by atoms with Crippen molar-refractivity contribution in [3.63, 3.8) is 0 Å². The second kappa shape index (κ2) is 12.2. The summed E-state index contributed by atoms with van der Waals surface area (Å²) in [7, 11) is 0. The predicted molar refractivity (Wildman–Crippen MR) is 107 cm³/mol. The van der Waals surface area contributed by atoms with E-state index in [1.807, 2.05) is 12.1 Å². The molecule has 1 saturated heterocycles. The summed E-state index contributed by atoms with van der Waals surface area (Å²) in [4.78, 5) is 14.2. The third-order valence-electron chi connectivity index (χ3n) is 3.69. The molecule has 4 nitrogen and oxygen atoms in total. The Morgan fingerprint density at radius 2 is 2.04 bits per heavy atom. The molecular weight excluding hydrogens is 389 g/mol. The molecular formula is C16H24Cl3N3OS. The quantitative estimate of drug-likeness (QED) is 0.644. The number of amides is 1. The highest BCUT2D eigenvalue weighted by Crippen LogP contribution is 2.24. The van der Waals surface area contributed by atoms with Gasteiger partial charge in [0.15, 0.2) is 0 Å². The summed E-state index contributed by atoms with van der Waals surface area (Å²) in [6.07, 6.45) is 0.999. The van der Waals surface area contributed by atoms with Gasteiger partial charge in [0.05, 0.1) is 5.75 Å². The summed E-state index contributed by atoms with van der Waals surface area (Å²) in [5.41, 5.74) is 1.01. The number of halogens is 3. The zero-order chi connectivity index (χ0) is 16.5. The molecule has 0 saturated carbocycles. The molecule has 0 spiro atoms. The second-order valence-corrected chi connectivity index (χ2v) is 7.35. The van der Waals surface area contributed by atoms with Crippen LogP contribution in [0, 0.1) is 0 Å². The van der Waals surface area contributed by atoms with Crippen molar-refractivity contribution < 1.29 is 4.79 Å². The molecule has 1 aliphatic rings. The van der Waals surface area contributed by atoms with Crippen molar-refractivity contribution in [2.24, 2.45) is 0 Å². The number of hydrogen-bond donors (Lipinski definition) is 2. The van der Waals surface area contributed by atoms with Gasteiger partial charge in [0, 0.05) is 48.5 Å². The van der Waals surface area contributed by atoms with Gasteiger partial charge in [-0.25, -0.2) is 0 Å². The van der Waals surface area contributed by atoms with Gasteiger partial charge in [-0.3, -0.25) is 4.79 Å². The number of hydrogen-bond acceptors (Lipinski definition) is 4. The first-order valence-electron chi connectivity index (χ1n) is 7.86. The SMILES string of the molecule is Cl.O=C(CSCc1ccc(Cl)cc1Cl)NCCCN1CCNCC1. The van der Waals surface area contributed by atoms with Crippen molar-refractivity contribution in [3.8, 4) is 0 Å². The molecule has 0 bridgehead atoms. The zero-order valence-electron chi connectivity index (χ0n) is 13.5. The van der Waals surface area contributed by atoms with Crippen LogP contribution in [0.4, 0.5) is 0 Å². The fourth-order valence-electron chi connectivity index (χ4n) is 2.41. The Balaban J connectivity index is 0.00000288. The molecule has 8 heteroatoms. The van der Waals surface area contributed by atoms with Gasteiger partial charge >= 0.3 is 0 Å². The molecule has 0 radical (unpaired) electrons. The van der Waals surface area contributed by atoms with E-state index in [-0.39, 0.29) is 18.3 Å². The van der Waals surface area contributed by atoms with Gasteiger partial charge < -0.3 is 15.5 Å². The fourth-order valence-corrected chi connectivity index (χ4v) is 3.82. The lowest BCUT2D eigenvalue weighted by molar-refractivity contribution is -0.118. The summed E-state index contributed by atoms with van der Waals surface area (Å²) in [5, 5.41) is 7.60. The molecule has 1 aliphatic heterocycles. The Kier molecular flexibility index (Phi) is 11.1. The number of rotatable bonds is 8. The van der Waals surface area contributed by atoms with Crippen LogP contribution >= 0.6 is 47.4 Å². The highest BCUT2D eigenvalue weighted by molar-refractivity contribution is 7.99. The minimum Gasteiger partial charge on any atom is -0.355 e. The molecule has 1 amide bonds. The minimum atomic E-state index is 0. The van der Waals surface area contributed by atoms with E-state index in [9.17, 15) is 4.79 Å². The number of carbonyl (C=O) groups excluding carboxylic acids is 1. The van der Waals surface area contributed by atoms with Crippen molar-refractivity contribution in [2.75, 3.05) is 45.0 Å². The van der Waals surface area contributed by atoms with Gasteiger partial charge in [-0.1, -0.05) is 29.3 Å². The number of benzene rings is 1. The monoisotopic (exact) mass is 411 g/mol. The van der Waals surface area contributed by atoms with Gasteiger partial charge in [-0.05, 0) is 30.7 Å². The maximum absolute atomic E-state index is 11.8. The van der Waals surface area contributed by atoms with Gasteiger partial charge in [0.25, 0.3) is 0 Å². The van der Waals surface area contributed by atoms with Crippen LogP contribution in [0.3, 0.4) is 0 Å². The Hall–Kier alpha value is -0.170. The smallest absolute Gasteiger partial charge is 0.230 e. The van der Waals surface area contributed by atoms with Gasteiger partial charge in [0.1, 0.15) is 0 Å². The Morgan fingerprint density at radius 3 is 2.75 bits per heavy atom. The first-order valence-corrected chi connectivity index (χ1v) is 9.77. The summed E-state index contributed by atoms with van der Waals surface area (Å²) in [5.74, 6) is 1.25. The van der Waals surface area contributed by atoms with E-state index in [0.717, 1.165) is 51.3 Å². The molecule has 0 aliphatic carbocycles. The number of carbonyl (C=O) groups is 1. The van der Waals surface area contributed by atoms with E-state index in [0.29, 0.717) is 21.6 Å². The Labute approximate surface area is 164 Å². The normalized spacial score (nSPS) is 14.9. The van der Waals surface area contributed by atoms with Crippen LogP contribution < -0.4 is 10.6 Å². The predicted octanol–water partition coefficient (Wildman–Crippen LogP) is 3.06. The number of piperazine rings is 1. The lowest BCUT2D eigenvalue weighted by Crippen LogP contribution is -2.44. The average molecular weight is 413 g/mol. The molecule has 136 valence electrons. The van der Waals surface area contributed by atoms with Crippen molar-refractivity contribution >= 4 is 53.3 Å². The van der Waals surface area contributed by atoms with E-state index in [1.54, 1.807) is 17.8 Å². The summed E-state index contributed by atoms with van der Waals surface area (Å²) in [6, 6.07) is 5.46. The molecule has 1 aromatic carbocycles. The molecule has 1 heterocycles. The number of thioether (sulfide) groups is 1. The van der Waals surface area contributed by atoms with Crippen molar-refractivity contribution in [1.29, 1.82) is 0 Å². The highest BCUT2D eigenvalue weighted by Gasteiger charge is 2.09. The van der Waals surface area contributed by atoms with Crippen molar-refractivity contribution in [1.82, 2.24) is 15.5 Å². The number of nitrogens with one attached hydrogen (secondary N) is 2. The first kappa shape index (κ1) is 21.9. The van der Waals surface area contributed by atoms with E-state index in [4.69, 9.17) is 23.2 Å². The second-order valence-electron chi connectivity index (χ2n) is 5.52. The molecule has 2 rings (SSSR count). The van der Waals surface area contributed by atoms with Gasteiger partial charge in [-0.15, -0.1) is 24.2 Å². The van der Waals surface area contributed by atoms with Crippen LogP contribution in [0.1, 0.15) is 12.0 Å². The Morgan fingerprint density at radius 1 is 1.29 bits per heavy atom. The Bertz CT molecular complexity index is 513. The lowest BCUT2D eigenvalue weighted by atomic mass is 10.2. The molecule has 0 atom stereocenters. The number of nitrogens with zero attached hydrogens (tertiary/aromatic N) is 1. The van der Waals surface area contributed by atoms with Crippen LogP contribution in [0.15, 0.2) is 18.2 Å².